The Bertz CT molecular complexity index is 408. The molecule has 18 heavy (non-hydrogen) atoms. The van der Waals surface area contributed by atoms with Crippen molar-refractivity contribution in [1.29, 1.82) is 0 Å². The highest BCUT2D eigenvalue weighted by atomic mass is 16.5. The van der Waals surface area contributed by atoms with E-state index in [1.165, 1.54) is 0 Å². The third-order valence-electron chi connectivity index (χ3n) is 3.67. The number of hydrogen-bond acceptors (Lipinski definition) is 4. The molecular weight excluding hydrogens is 232 g/mol. The fraction of sp³-hybridized carbons (Fsp3) is 0.692. The second kappa shape index (κ2) is 5.52. The van der Waals surface area contributed by atoms with E-state index in [1.54, 1.807) is 0 Å². The Morgan fingerprint density at radius 2 is 2.33 bits per heavy atom. The van der Waals surface area contributed by atoms with E-state index in [4.69, 9.17) is 9.63 Å². The fourth-order valence-electron chi connectivity index (χ4n) is 2.46. The van der Waals surface area contributed by atoms with Gasteiger partial charge >= 0.3 is 0 Å². The molecule has 5 nitrogen and oxygen atoms in total. The smallest absolute Gasteiger partial charge is 0.222 e. The molecule has 2 rings (SSSR count). The highest BCUT2D eigenvalue weighted by Crippen LogP contribution is 2.19. The van der Waals surface area contributed by atoms with E-state index in [0.29, 0.717) is 19.4 Å². The maximum atomic E-state index is 12.0. The molecule has 0 aromatic carbocycles. The topological polar surface area (TPSA) is 66.6 Å². The van der Waals surface area contributed by atoms with E-state index in [2.05, 4.69) is 5.16 Å². The van der Waals surface area contributed by atoms with Crippen molar-refractivity contribution in [2.75, 3.05) is 19.7 Å². The van der Waals surface area contributed by atoms with Gasteiger partial charge in [-0.15, -0.1) is 0 Å². The summed E-state index contributed by atoms with van der Waals surface area (Å²) in [5.74, 6) is 1.22. The van der Waals surface area contributed by atoms with E-state index in [0.717, 1.165) is 30.0 Å². The lowest BCUT2D eigenvalue weighted by Crippen LogP contribution is -2.29. The number of aliphatic hydroxyl groups is 1. The molecule has 0 saturated carbocycles. The van der Waals surface area contributed by atoms with Gasteiger partial charge in [0.15, 0.2) is 0 Å². The van der Waals surface area contributed by atoms with Gasteiger partial charge in [0.05, 0.1) is 5.69 Å². The summed E-state index contributed by atoms with van der Waals surface area (Å²) in [6.07, 6.45) is 2.08. The number of likely N-dealkylation sites (tertiary alicyclic amines) is 1. The van der Waals surface area contributed by atoms with Crippen molar-refractivity contribution in [3.05, 3.63) is 17.0 Å². The maximum absolute atomic E-state index is 12.0. The van der Waals surface area contributed by atoms with Gasteiger partial charge in [0, 0.05) is 37.6 Å². The van der Waals surface area contributed by atoms with Crippen LogP contribution in [0.4, 0.5) is 0 Å². The molecule has 0 spiro atoms. The average Bonchev–Trinajstić information content (AvgIpc) is 2.95. The monoisotopic (exact) mass is 252 g/mol. The maximum Gasteiger partial charge on any atom is 0.222 e. The van der Waals surface area contributed by atoms with E-state index in [-0.39, 0.29) is 18.4 Å². The van der Waals surface area contributed by atoms with Crippen LogP contribution < -0.4 is 0 Å². The molecule has 1 unspecified atom stereocenters. The molecule has 0 bridgehead atoms. The number of carbonyl (C=O) groups is 1. The molecule has 1 atom stereocenters. The molecule has 0 aliphatic carbocycles. The first-order chi connectivity index (χ1) is 8.61. The summed E-state index contributed by atoms with van der Waals surface area (Å²) < 4.78 is 5.08. The molecule has 1 aliphatic rings. The van der Waals surface area contributed by atoms with Gasteiger partial charge in [0.25, 0.3) is 0 Å². The first-order valence-corrected chi connectivity index (χ1v) is 6.42. The first kappa shape index (κ1) is 13.1. The summed E-state index contributed by atoms with van der Waals surface area (Å²) in [4.78, 5) is 13.9. The lowest BCUT2D eigenvalue weighted by Gasteiger charge is -2.15. The van der Waals surface area contributed by atoms with Crippen LogP contribution in [0.1, 0.15) is 29.9 Å². The standard InChI is InChI=1S/C13H20N2O3/c1-9-12(10(2)18-14-9)3-4-13(17)15-6-5-11(7-15)8-16/h11,16H,3-8H2,1-2H3. The van der Waals surface area contributed by atoms with Gasteiger partial charge in [-0.3, -0.25) is 4.79 Å². The van der Waals surface area contributed by atoms with Gasteiger partial charge in [-0.2, -0.15) is 0 Å². The number of hydrogen-bond donors (Lipinski definition) is 1. The van der Waals surface area contributed by atoms with Crippen LogP contribution in [-0.4, -0.2) is 40.8 Å². The lowest BCUT2D eigenvalue weighted by atomic mass is 10.1. The Hall–Kier alpha value is -1.36. The molecule has 1 amide bonds. The van der Waals surface area contributed by atoms with Crippen LogP contribution in [0.3, 0.4) is 0 Å². The largest absolute Gasteiger partial charge is 0.396 e. The number of aliphatic hydroxyl groups excluding tert-OH is 1. The summed E-state index contributed by atoms with van der Waals surface area (Å²) in [6, 6.07) is 0. The quantitative estimate of drug-likeness (QED) is 0.870. The molecule has 1 saturated heterocycles. The number of nitrogens with zero attached hydrogens (tertiary/aromatic N) is 2. The van der Waals surface area contributed by atoms with Gasteiger partial charge < -0.3 is 14.5 Å². The fourth-order valence-corrected chi connectivity index (χ4v) is 2.46. The number of aromatic nitrogens is 1. The van der Waals surface area contributed by atoms with Crippen molar-refractivity contribution in [3.63, 3.8) is 0 Å². The van der Waals surface area contributed by atoms with Crippen LogP contribution in [0.2, 0.25) is 0 Å². The minimum absolute atomic E-state index is 0.158. The van der Waals surface area contributed by atoms with Gasteiger partial charge in [-0.05, 0) is 26.7 Å². The van der Waals surface area contributed by atoms with Gasteiger partial charge in [0.1, 0.15) is 5.76 Å². The Balaban J connectivity index is 1.86. The number of amides is 1. The Labute approximate surface area is 107 Å². The van der Waals surface area contributed by atoms with Crippen LogP contribution in [0.25, 0.3) is 0 Å². The van der Waals surface area contributed by atoms with Crippen molar-refractivity contribution in [1.82, 2.24) is 10.1 Å². The normalized spacial score (nSPS) is 19.5. The van der Waals surface area contributed by atoms with Crippen LogP contribution in [-0.2, 0) is 11.2 Å². The number of carbonyl (C=O) groups excluding carboxylic acids is 1. The van der Waals surface area contributed by atoms with Crippen LogP contribution in [0, 0.1) is 19.8 Å². The summed E-state index contributed by atoms with van der Waals surface area (Å²) >= 11 is 0. The molecule has 0 radical (unpaired) electrons. The van der Waals surface area contributed by atoms with Crippen LogP contribution in [0.5, 0.6) is 0 Å². The number of rotatable bonds is 4. The van der Waals surface area contributed by atoms with Gasteiger partial charge in [-0.1, -0.05) is 5.16 Å². The van der Waals surface area contributed by atoms with Crippen molar-refractivity contribution >= 4 is 5.91 Å². The lowest BCUT2D eigenvalue weighted by molar-refractivity contribution is -0.130. The zero-order valence-electron chi connectivity index (χ0n) is 11.0. The predicted molar refractivity (Wildman–Crippen MR) is 66.1 cm³/mol. The SMILES string of the molecule is Cc1noc(C)c1CCC(=O)N1CCC(CO)C1. The van der Waals surface area contributed by atoms with E-state index in [1.807, 2.05) is 18.7 Å². The summed E-state index contributed by atoms with van der Waals surface area (Å²) in [5.41, 5.74) is 1.91. The Kier molecular flexibility index (Phi) is 4.01. The molecule has 100 valence electrons. The van der Waals surface area contributed by atoms with Crippen molar-refractivity contribution in [2.24, 2.45) is 5.92 Å². The summed E-state index contributed by atoms with van der Waals surface area (Å²) in [5, 5.41) is 12.9. The zero-order valence-corrected chi connectivity index (χ0v) is 11.0. The summed E-state index contributed by atoms with van der Waals surface area (Å²) in [6.45, 7) is 5.40. The minimum Gasteiger partial charge on any atom is -0.396 e. The highest BCUT2D eigenvalue weighted by molar-refractivity contribution is 5.76. The van der Waals surface area contributed by atoms with Gasteiger partial charge in [-0.25, -0.2) is 0 Å². The van der Waals surface area contributed by atoms with Crippen molar-refractivity contribution < 1.29 is 14.4 Å². The summed E-state index contributed by atoms with van der Waals surface area (Å²) in [7, 11) is 0. The third-order valence-corrected chi connectivity index (χ3v) is 3.67. The Morgan fingerprint density at radius 1 is 1.56 bits per heavy atom. The molecule has 1 N–H and O–H groups in total. The van der Waals surface area contributed by atoms with Crippen molar-refractivity contribution in [2.45, 2.75) is 33.1 Å². The molecular formula is C13H20N2O3. The molecule has 2 heterocycles. The van der Waals surface area contributed by atoms with Crippen LogP contribution in [0.15, 0.2) is 4.52 Å². The highest BCUT2D eigenvalue weighted by Gasteiger charge is 2.25. The molecule has 1 aromatic rings. The number of aryl methyl sites for hydroxylation is 2. The minimum atomic E-state index is 0.158. The van der Waals surface area contributed by atoms with Crippen LogP contribution >= 0.6 is 0 Å². The molecule has 1 aromatic heterocycles. The second-order valence-electron chi connectivity index (χ2n) is 4.98. The van der Waals surface area contributed by atoms with Crippen molar-refractivity contribution in [3.8, 4) is 0 Å². The Morgan fingerprint density at radius 3 is 2.89 bits per heavy atom. The van der Waals surface area contributed by atoms with E-state index in [9.17, 15) is 4.79 Å². The zero-order chi connectivity index (χ0) is 13.1. The van der Waals surface area contributed by atoms with E-state index >= 15 is 0 Å². The van der Waals surface area contributed by atoms with Gasteiger partial charge in [0.2, 0.25) is 5.91 Å². The molecule has 1 aliphatic heterocycles. The second-order valence-corrected chi connectivity index (χ2v) is 4.98. The third kappa shape index (κ3) is 2.72. The van der Waals surface area contributed by atoms with E-state index < -0.39 is 0 Å². The molecule has 5 heteroatoms. The average molecular weight is 252 g/mol. The first-order valence-electron chi connectivity index (χ1n) is 6.42. The molecule has 1 fully saturated rings. The predicted octanol–water partition coefficient (Wildman–Crippen LogP) is 1.06.